The highest BCUT2D eigenvalue weighted by atomic mass is 16.5. The lowest BCUT2D eigenvalue weighted by Gasteiger charge is -2.22. The van der Waals surface area contributed by atoms with E-state index in [1.165, 1.54) is 25.3 Å². The summed E-state index contributed by atoms with van der Waals surface area (Å²) < 4.78 is 13.0. The Labute approximate surface area is 321 Å². The normalized spacial score (nSPS) is 10.7. The highest BCUT2D eigenvalue weighted by Gasteiger charge is 2.14. The third-order valence-corrected chi connectivity index (χ3v) is 8.92. The number of nitrogens with two attached hydrogens (primary N) is 1. The largest absolute Gasteiger partial charge is 0.480 e. The Morgan fingerprint density at radius 1 is 0.745 bits per heavy atom. The molecule has 15 nitrogen and oxygen atoms in total. The van der Waals surface area contributed by atoms with Crippen LogP contribution in [-0.4, -0.2) is 87.6 Å². The number of nitrogens with zero attached hydrogens (tertiary/aromatic N) is 8. The molecule has 6 rings (SSSR count). The summed E-state index contributed by atoms with van der Waals surface area (Å²) in [7, 11) is 10.9. The molecule has 0 aliphatic rings. The van der Waals surface area contributed by atoms with Gasteiger partial charge in [-0.3, -0.25) is 4.79 Å². The van der Waals surface area contributed by atoms with Gasteiger partial charge in [0.2, 0.25) is 5.91 Å². The van der Waals surface area contributed by atoms with Gasteiger partial charge in [-0.2, -0.15) is 0 Å². The summed E-state index contributed by atoms with van der Waals surface area (Å²) in [5.74, 6) is 0.719. The summed E-state index contributed by atoms with van der Waals surface area (Å²) >= 11 is 0. The number of carboxylic acids is 1. The first kappa shape index (κ1) is 41.9. The quantitative estimate of drug-likeness (QED) is 0.143. The number of imidazole rings is 2. The number of amides is 1. The average molecular weight is 753 g/mol. The van der Waals surface area contributed by atoms with Gasteiger partial charge in [-0.1, -0.05) is 38.1 Å². The van der Waals surface area contributed by atoms with E-state index in [0.717, 1.165) is 69.0 Å². The first-order chi connectivity index (χ1) is 26.4. The van der Waals surface area contributed by atoms with Crippen molar-refractivity contribution >= 4 is 57.0 Å². The zero-order valence-electron chi connectivity index (χ0n) is 32.9. The summed E-state index contributed by atoms with van der Waals surface area (Å²) in [5, 5.41) is 10.6. The van der Waals surface area contributed by atoms with Gasteiger partial charge in [0, 0.05) is 79.0 Å². The number of carboxylic acid groups (broad SMARTS) is 1. The van der Waals surface area contributed by atoms with Gasteiger partial charge < -0.3 is 44.6 Å². The number of benzene rings is 2. The van der Waals surface area contributed by atoms with E-state index in [1.807, 2.05) is 62.0 Å². The highest BCUT2D eigenvalue weighted by molar-refractivity contribution is 5.80. The van der Waals surface area contributed by atoms with Gasteiger partial charge >= 0.3 is 5.97 Å². The van der Waals surface area contributed by atoms with Gasteiger partial charge in [-0.15, -0.1) is 0 Å². The first-order valence-electron chi connectivity index (χ1n) is 17.9. The highest BCUT2D eigenvalue weighted by Crippen LogP contribution is 2.30. The van der Waals surface area contributed by atoms with E-state index in [0.29, 0.717) is 13.1 Å². The van der Waals surface area contributed by atoms with Gasteiger partial charge in [0.1, 0.15) is 35.9 Å². The van der Waals surface area contributed by atoms with Crippen LogP contribution in [0.25, 0.3) is 22.1 Å². The molecule has 0 aliphatic carbocycles. The molecule has 4 N–H and O–H groups in total. The van der Waals surface area contributed by atoms with Gasteiger partial charge in [0.25, 0.3) is 0 Å². The molecule has 0 atom stereocenters. The summed E-state index contributed by atoms with van der Waals surface area (Å²) in [5.41, 5.74) is 16.6. The third kappa shape index (κ3) is 10.8. The molecular weight excluding hydrogens is 701 g/mol. The van der Waals surface area contributed by atoms with E-state index >= 15 is 0 Å². The number of rotatable bonds is 13. The standard InChI is InChI=1S/C20H25N5O2.C17H21N5.C3H6O3/c1-5-15-8-14(10-22-20(26)12-27-4)6-7-17(15)25(3)19-9-18-16(11-21-19)23-13-24(18)2;1-4-13-7-12(9-18)5-6-15(13)22(3)17-8-16-14(10-19-17)20-11-21(16)2;1-6-2-3(4)5/h6-9,11,13H,5,10,12H2,1-4H3,(H,22,26);5-8,10-11H,4,9,18H2,1-3H3;2H2,1H3,(H,4,5). The number of methoxy groups -OCH3 is 2. The van der Waals surface area contributed by atoms with Crippen LogP contribution < -0.4 is 20.9 Å². The number of pyridine rings is 2. The number of fused-ring (bicyclic) bond motifs is 2. The van der Waals surface area contributed by atoms with Gasteiger partial charge in [-0.25, -0.2) is 24.7 Å². The number of carbonyl (C=O) groups is 2. The van der Waals surface area contributed by atoms with Crippen molar-refractivity contribution in [1.82, 2.24) is 34.4 Å². The Kier molecular flexibility index (Phi) is 15.2. The number of hydrogen-bond donors (Lipinski definition) is 3. The van der Waals surface area contributed by atoms with E-state index < -0.39 is 5.97 Å². The fourth-order valence-electron chi connectivity index (χ4n) is 5.90. The molecule has 0 unspecified atom stereocenters. The molecule has 0 bridgehead atoms. The van der Waals surface area contributed by atoms with Crippen LogP contribution in [-0.2, 0) is 59.1 Å². The minimum Gasteiger partial charge on any atom is -0.480 e. The fourth-order valence-corrected chi connectivity index (χ4v) is 5.90. The van der Waals surface area contributed by atoms with Crippen molar-refractivity contribution in [1.29, 1.82) is 0 Å². The second kappa shape index (κ2) is 20.0. The second-order valence-corrected chi connectivity index (χ2v) is 12.8. The molecule has 0 saturated heterocycles. The monoisotopic (exact) mass is 752 g/mol. The SMILES string of the molecule is CCc1cc(CN)ccc1N(C)c1cc2c(cn1)ncn2C.CCc1cc(CNC(=O)COC)ccc1N(C)c1cc2c(cn1)ncn2C.COCC(=O)O. The second-order valence-electron chi connectivity index (χ2n) is 12.8. The smallest absolute Gasteiger partial charge is 0.329 e. The van der Waals surface area contributed by atoms with Crippen LogP contribution in [0.1, 0.15) is 36.1 Å². The van der Waals surface area contributed by atoms with Gasteiger partial charge in [0.05, 0.1) is 36.1 Å². The Morgan fingerprint density at radius 2 is 1.22 bits per heavy atom. The van der Waals surface area contributed by atoms with E-state index in [2.05, 4.69) is 90.0 Å². The molecular formula is C40H52N10O5. The van der Waals surface area contributed by atoms with Crippen LogP contribution in [0.15, 0.2) is 73.6 Å². The first-order valence-corrected chi connectivity index (χ1v) is 17.9. The van der Waals surface area contributed by atoms with Gasteiger partial charge in [-0.05, 0) is 47.2 Å². The number of anilines is 4. The van der Waals surface area contributed by atoms with Gasteiger partial charge in [0.15, 0.2) is 0 Å². The summed E-state index contributed by atoms with van der Waals surface area (Å²) in [6, 6.07) is 16.7. The number of aliphatic carboxylic acids is 1. The van der Waals surface area contributed by atoms with E-state index in [1.54, 1.807) is 12.5 Å². The minimum absolute atomic E-state index is 0.0730. The number of aryl methyl sites for hydroxylation is 4. The van der Waals surface area contributed by atoms with E-state index in [-0.39, 0.29) is 19.1 Å². The average Bonchev–Trinajstić information content (AvgIpc) is 3.77. The molecule has 55 heavy (non-hydrogen) atoms. The van der Waals surface area contributed by atoms with Crippen molar-refractivity contribution in [3.8, 4) is 0 Å². The molecule has 1 amide bonds. The molecule has 292 valence electrons. The minimum atomic E-state index is -0.933. The molecule has 4 heterocycles. The number of hydrogen-bond acceptors (Lipinski definition) is 11. The van der Waals surface area contributed by atoms with Crippen molar-refractivity contribution in [3.05, 3.63) is 95.8 Å². The molecule has 4 aromatic heterocycles. The maximum absolute atomic E-state index is 11.6. The molecule has 0 saturated carbocycles. The van der Waals surface area contributed by atoms with Crippen LogP contribution in [0.3, 0.4) is 0 Å². The van der Waals surface area contributed by atoms with Crippen molar-refractivity contribution in [2.45, 2.75) is 39.8 Å². The van der Waals surface area contributed by atoms with Crippen molar-refractivity contribution in [3.63, 3.8) is 0 Å². The van der Waals surface area contributed by atoms with Crippen LogP contribution in [0, 0.1) is 0 Å². The van der Waals surface area contributed by atoms with Crippen molar-refractivity contribution in [2.75, 3.05) is 51.3 Å². The fraction of sp³-hybridized carbons (Fsp3) is 0.350. The molecule has 0 fully saturated rings. The summed E-state index contributed by atoms with van der Waals surface area (Å²) in [6.45, 7) is 5.20. The number of ether oxygens (including phenoxy) is 2. The molecule has 6 aromatic rings. The zero-order chi connectivity index (χ0) is 40.1. The van der Waals surface area contributed by atoms with E-state index in [9.17, 15) is 9.59 Å². The number of nitrogens with one attached hydrogen (secondary N) is 1. The van der Waals surface area contributed by atoms with Crippen molar-refractivity contribution < 1.29 is 24.2 Å². The lowest BCUT2D eigenvalue weighted by atomic mass is 10.1. The summed E-state index contributed by atoms with van der Waals surface area (Å²) in [6.07, 6.45) is 9.06. The van der Waals surface area contributed by atoms with Crippen LogP contribution in [0.4, 0.5) is 23.0 Å². The zero-order valence-corrected chi connectivity index (χ0v) is 32.9. The Hall–Kier alpha value is -5.90. The molecule has 15 heteroatoms. The Bertz CT molecular complexity index is 2200. The predicted molar refractivity (Wildman–Crippen MR) is 216 cm³/mol. The number of carbonyl (C=O) groups excluding carboxylic acids is 1. The molecule has 2 aromatic carbocycles. The Balaban J connectivity index is 0.000000216. The lowest BCUT2D eigenvalue weighted by molar-refractivity contribution is -0.141. The van der Waals surface area contributed by atoms with Crippen LogP contribution in [0.2, 0.25) is 0 Å². The topological polar surface area (TPSA) is 179 Å². The molecule has 0 spiro atoms. The molecule has 0 aliphatic heterocycles. The number of aromatic nitrogens is 6. The summed E-state index contributed by atoms with van der Waals surface area (Å²) in [4.78, 5) is 43.0. The Morgan fingerprint density at radius 3 is 1.64 bits per heavy atom. The van der Waals surface area contributed by atoms with Crippen LogP contribution >= 0.6 is 0 Å². The van der Waals surface area contributed by atoms with Crippen molar-refractivity contribution in [2.24, 2.45) is 19.8 Å². The molecule has 0 radical (unpaired) electrons. The maximum atomic E-state index is 11.6. The maximum Gasteiger partial charge on any atom is 0.329 e. The predicted octanol–water partition coefficient (Wildman–Crippen LogP) is 5.04. The van der Waals surface area contributed by atoms with E-state index in [4.69, 9.17) is 15.6 Å². The third-order valence-electron chi connectivity index (χ3n) is 8.92. The lowest BCUT2D eigenvalue weighted by Crippen LogP contribution is -2.26. The van der Waals surface area contributed by atoms with Crippen LogP contribution in [0.5, 0.6) is 0 Å².